The van der Waals surface area contributed by atoms with E-state index in [1.54, 1.807) is 17.2 Å². The van der Waals surface area contributed by atoms with Gasteiger partial charge in [-0.05, 0) is 29.8 Å². The smallest absolute Gasteiger partial charge is 0.404 e. The Balaban J connectivity index is 1.72. The predicted molar refractivity (Wildman–Crippen MR) is 70.2 cm³/mol. The summed E-state index contributed by atoms with van der Waals surface area (Å²) >= 11 is 0. The van der Waals surface area contributed by atoms with Crippen molar-refractivity contribution in [2.24, 2.45) is 0 Å². The molecule has 0 spiro atoms. The summed E-state index contributed by atoms with van der Waals surface area (Å²) in [7, 11) is 0. The Morgan fingerprint density at radius 2 is 2.19 bits per heavy atom. The Morgan fingerprint density at radius 3 is 2.95 bits per heavy atom. The summed E-state index contributed by atoms with van der Waals surface area (Å²) in [5, 5.41) is 12.4. The molecule has 0 unspecified atom stereocenters. The highest BCUT2D eigenvalue weighted by molar-refractivity contribution is 5.56. The van der Waals surface area contributed by atoms with Crippen LogP contribution in [0.4, 0.5) is 16.0 Å². The summed E-state index contributed by atoms with van der Waals surface area (Å²) in [6.45, 7) is 0. The number of nitro groups is 1. The van der Waals surface area contributed by atoms with Gasteiger partial charge in [0.1, 0.15) is 22.5 Å². The van der Waals surface area contributed by atoms with E-state index < -0.39 is 4.92 Å². The molecule has 7 heteroatoms. The largest absolute Gasteiger partial charge is 0.433 e. The second-order valence-electron chi connectivity index (χ2n) is 5.21. The Morgan fingerprint density at radius 1 is 1.33 bits per heavy atom. The van der Waals surface area contributed by atoms with Gasteiger partial charge in [-0.3, -0.25) is 15.0 Å². The first-order chi connectivity index (χ1) is 10.1. The first kappa shape index (κ1) is 12.3. The number of halogens is 1. The minimum Gasteiger partial charge on any atom is -0.404 e. The molecule has 2 bridgehead atoms. The van der Waals surface area contributed by atoms with Crippen molar-refractivity contribution in [3.05, 3.63) is 57.6 Å². The molecular weight excluding hydrogens is 279 g/mol. The fourth-order valence-electron chi connectivity index (χ4n) is 3.00. The molecule has 1 aromatic carbocycles. The topological polar surface area (TPSA) is 68.8 Å². The molecule has 0 N–H and O–H groups in total. The van der Waals surface area contributed by atoms with E-state index in [1.807, 2.05) is 0 Å². The first-order valence-corrected chi connectivity index (χ1v) is 6.60. The maximum absolute atomic E-state index is 13.3. The van der Waals surface area contributed by atoms with E-state index in [0.717, 1.165) is 11.3 Å². The normalized spacial score (nSPS) is 23.2. The fraction of sp³-hybridized carbons (Fsp3) is 0.286. The highest BCUT2D eigenvalue weighted by Gasteiger charge is 2.42. The zero-order valence-corrected chi connectivity index (χ0v) is 10.9. The molecule has 2 atom stereocenters. The van der Waals surface area contributed by atoms with Crippen LogP contribution in [0.3, 0.4) is 0 Å². The minimum absolute atomic E-state index is 0.0616. The van der Waals surface area contributed by atoms with Crippen molar-refractivity contribution in [2.75, 3.05) is 5.06 Å². The number of hydroxylamine groups is 1. The molecule has 3 heterocycles. The molecule has 4 rings (SSSR count). The van der Waals surface area contributed by atoms with E-state index in [-0.39, 0.29) is 23.8 Å². The second kappa shape index (κ2) is 4.29. The van der Waals surface area contributed by atoms with Gasteiger partial charge in [0.2, 0.25) is 0 Å². The average Bonchev–Trinajstić information content (AvgIpc) is 3.04. The van der Waals surface area contributed by atoms with Crippen LogP contribution in [0.1, 0.15) is 23.8 Å². The molecule has 1 fully saturated rings. The number of anilines is 1. The SMILES string of the molecule is O=[N+]([O-])c1ccc([C@@H]2C[C@H]3Cc4cc(F)ccc4N2O3)o1. The molecule has 2 aliphatic rings. The highest BCUT2D eigenvalue weighted by atomic mass is 19.1. The number of fused-ring (bicyclic) bond motifs is 4. The Labute approximate surface area is 118 Å². The average molecular weight is 290 g/mol. The Hall–Kier alpha value is -2.41. The van der Waals surface area contributed by atoms with E-state index in [4.69, 9.17) is 9.25 Å². The zero-order valence-electron chi connectivity index (χ0n) is 10.9. The summed E-state index contributed by atoms with van der Waals surface area (Å²) in [5.41, 5.74) is 1.67. The van der Waals surface area contributed by atoms with Crippen LogP contribution < -0.4 is 5.06 Å². The van der Waals surface area contributed by atoms with Crippen LogP contribution in [0.2, 0.25) is 0 Å². The van der Waals surface area contributed by atoms with Gasteiger partial charge in [-0.25, -0.2) is 9.45 Å². The van der Waals surface area contributed by atoms with Crippen molar-refractivity contribution in [1.82, 2.24) is 0 Å². The van der Waals surface area contributed by atoms with Gasteiger partial charge in [0.15, 0.2) is 0 Å². The van der Waals surface area contributed by atoms with Crippen LogP contribution in [0.25, 0.3) is 0 Å². The van der Waals surface area contributed by atoms with E-state index in [1.165, 1.54) is 18.2 Å². The third-order valence-electron chi connectivity index (χ3n) is 3.88. The highest BCUT2D eigenvalue weighted by Crippen LogP contribution is 2.45. The monoisotopic (exact) mass is 290 g/mol. The molecule has 1 saturated heterocycles. The summed E-state index contributed by atoms with van der Waals surface area (Å²) in [6.07, 6.45) is 1.22. The number of furan rings is 1. The lowest BCUT2D eigenvalue weighted by molar-refractivity contribution is -0.402. The van der Waals surface area contributed by atoms with Gasteiger partial charge in [0.05, 0.1) is 17.9 Å². The van der Waals surface area contributed by atoms with Gasteiger partial charge in [0.25, 0.3) is 0 Å². The molecule has 2 aliphatic heterocycles. The third kappa shape index (κ3) is 1.89. The van der Waals surface area contributed by atoms with E-state index in [2.05, 4.69) is 0 Å². The van der Waals surface area contributed by atoms with Crippen LogP contribution in [0.5, 0.6) is 0 Å². The maximum Gasteiger partial charge on any atom is 0.433 e. The molecule has 0 aliphatic carbocycles. The Bertz CT molecular complexity index is 730. The fourth-order valence-corrected chi connectivity index (χ4v) is 3.00. The minimum atomic E-state index is -0.565. The van der Waals surface area contributed by atoms with Gasteiger partial charge in [-0.1, -0.05) is 0 Å². The van der Waals surface area contributed by atoms with Crippen molar-refractivity contribution in [3.63, 3.8) is 0 Å². The van der Waals surface area contributed by atoms with Gasteiger partial charge < -0.3 is 4.42 Å². The number of hydrogen-bond acceptors (Lipinski definition) is 5. The Kier molecular flexibility index (Phi) is 2.52. The van der Waals surface area contributed by atoms with Gasteiger partial charge >= 0.3 is 5.88 Å². The molecular formula is C14H11FN2O4. The van der Waals surface area contributed by atoms with Gasteiger partial charge in [0, 0.05) is 12.8 Å². The van der Waals surface area contributed by atoms with E-state index >= 15 is 0 Å². The molecule has 6 nitrogen and oxygen atoms in total. The molecule has 21 heavy (non-hydrogen) atoms. The van der Waals surface area contributed by atoms with Crippen molar-refractivity contribution in [3.8, 4) is 0 Å². The first-order valence-electron chi connectivity index (χ1n) is 6.60. The van der Waals surface area contributed by atoms with Crippen LogP contribution in [0, 0.1) is 15.9 Å². The van der Waals surface area contributed by atoms with Crippen LogP contribution >= 0.6 is 0 Å². The summed E-state index contributed by atoms with van der Waals surface area (Å²) < 4.78 is 18.6. The molecule has 0 radical (unpaired) electrons. The molecule has 0 amide bonds. The summed E-state index contributed by atoms with van der Waals surface area (Å²) in [4.78, 5) is 15.9. The quantitative estimate of drug-likeness (QED) is 0.627. The lowest BCUT2D eigenvalue weighted by atomic mass is 10.0. The summed E-state index contributed by atoms with van der Waals surface area (Å²) in [6, 6.07) is 7.25. The zero-order chi connectivity index (χ0) is 14.6. The van der Waals surface area contributed by atoms with Crippen LogP contribution in [-0.2, 0) is 11.3 Å². The van der Waals surface area contributed by atoms with Crippen molar-refractivity contribution >= 4 is 11.6 Å². The van der Waals surface area contributed by atoms with Crippen molar-refractivity contribution in [2.45, 2.75) is 25.0 Å². The lowest BCUT2D eigenvalue weighted by Crippen LogP contribution is -2.27. The lowest BCUT2D eigenvalue weighted by Gasteiger charge is -2.29. The third-order valence-corrected chi connectivity index (χ3v) is 3.88. The van der Waals surface area contributed by atoms with Crippen LogP contribution in [-0.4, -0.2) is 11.0 Å². The number of hydrogen-bond donors (Lipinski definition) is 0. The number of rotatable bonds is 2. The van der Waals surface area contributed by atoms with Gasteiger partial charge in [-0.2, -0.15) is 0 Å². The van der Waals surface area contributed by atoms with Crippen LogP contribution in [0.15, 0.2) is 34.7 Å². The maximum atomic E-state index is 13.3. The summed E-state index contributed by atoms with van der Waals surface area (Å²) in [5.74, 6) is -0.0743. The molecule has 108 valence electrons. The van der Waals surface area contributed by atoms with Crippen molar-refractivity contribution in [1.29, 1.82) is 0 Å². The number of benzene rings is 1. The molecule has 2 aromatic rings. The second-order valence-corrected chi connectivity index (χ2v) is 5.21. The molecule has 1 aromatic heterocycles. The standard InChI is InChI=1S/C14H11FN2O4/c15-9-1-2-11-8(5-9)6-10-7-12(16(11)21-10)13-3-4-14(20-13)17(18)19/h1-5,10,12H,6-7H2/t10-,12+/m1/s1. The van der Waals surface area contributed by atoms with Crippen molar-refractivity contribution < 1.29 is 18.6 Å². The van der Waals surface area contributed by atoms with E-state index in [9.17, 15) is 14.5 Å². The predicted octanol–water partition coefficient (Wildman–Crippen LogP) is 3.13. The van der Waals surface area contributed by atoms with Gasteiger partial charge in [-0.15, -0.1) is 0 Å². The van der Waals surface area contributed by atoms with E-state index in [0.29, 0.717) is 18.6 Å². The molecule has 0 saturated carbocycles. The number of nitrogens with zero attached hydrogens (tertiary/aromatic N) is 2.